The Labute approximate surface area is 147 Å². The number of hydrogen-bond acceptors (Lipinski definition) is 6. The average molecular weight is 348 g/mol. The maximum Gasteiger partial charge on any atom is 0.412 e. The molecule has 4 atom stereocenters. The van der Waals surface area contributed by atoms with Crippen LogP contribution in [0.1, 0.15) is 12.8 Å². The molecule has 7 heteroatoms. The maximum absolute atomic E-state index is 12.1. The normalized spacial score (nSPS) is 30.8. The lowest BCUT2D eigenvalue weighted by Gasteiger charge is -2.18. The van der Waals surface area contributed by atoms with E-state index in [1.54, 1.807) is 31.4 Å². The summed E-state index contributed by atoms with van der Waals surface area (Å²) in [5, 5.41) is 6.24. The first-order valence-electron chi connectivity index (χ1n) is 8.81. The van der Waals surface area contributed by atoms with Crippen LogP contribution in [0.2, 0.25) is 0 Å². The first-order chi connectivity index (χ1) is 12.2. The van der Waals surface area contributed by atoms with Crippen LogP contribution in [-0.4, -0.2) is 57.3 Å². The third-order valence-electron chi connectivity index (χ3n) is 4.97. The Morgan fingerprint density at radius 3 is 2.64 bits per heavy atom. The van der Waals surface area contributed by atoms with Crippen molar-refractivity contribution in [3.63, 3.8) is 0 Å². The standard InChI is InChI=1S/C18H24N2O5/c1-22-13-6-4-12(5-7-13)20-18(21)25-15-10-24-16-14(9-23-17(15)16)19-8-11-2-3-11/h4-7,11,14-17,19H,2-3,8-10H2,1H3,(H,20,21). The van der Waals surface area contributed by atoms with E-state index in [4.69, 9.17) is 18.9 Å². The minimum atomic E-state index is -0.502. The number of rotatable bonds is 6. The topological polar surface area (TPSA) is 78.1 Å². The summed E-state index contributed by atoms with van der Waals surface area (Å²) in [6.45, 7) is 1.99. The van der Waals surface area contributed by atoms with E-state index in [0.717, 1.165) is 18.2 Å². The van der Waals surface area contributed by atoms with Gasteiger partial charge in [-0.25, -0.2) is 4.79 Å². The van der Waals surface area contributed by atoms with Gasteiger partial charge in [-0.2, -0.15) is 0 Å². The van der Waals surface area contributed by atoms with Crippen molar-refractivity contribution in [2.75, 3.05) is 32.2 Å². The predicted octanol–water partition coefficient (Wildman–Crippen LogP) is 1.78. The van der Waals surface area contributed by atoms with Crippen molar-refractivity contribution in [2.24, 2.45) is 5.92 Å². The van der Waals surface area contributed by atoms with Crippen molar-refractivity contribution in [2.45, 2.75) is 37.2 Å². The quantitative estimate of drug-likeness (QED) is 0.816. The molecule has 4 unspecified atom stereocenters. The Balaban J connectivity index is 1.27. The van der Waals surface area contributed by atoms with Gasteiger partial charge in [0.25, 0.3) is 0 Å². The molecule has 2 heterocycles. The molecule has 25 heavy (non-hydrogen) atoms. The molecule has 7 nitrogen and oxygen atoms in total. The molecule has 0 radical (unpaired) electrons. The molecule has 1 aliphatic carbocycles. The maximum atomic E-state index is 12.1. The zero-order chi connectivity index (χ0) is 17.2. The molecule has 3 fully saturated rings. The van der Waals surface area contributed by atoms with Gasteiger partial charge in [-0.05, 0) is 49.6 Å². The van der Waals surface area contributed by atoms with Gasteiger partial charge in [0.2, 0.25) is 0 Å². The zero-order valence-corrected chi connectivity index (χ0v) is 14.3. The number of methoxy groups -OCH3 is 1. The van der Waals surface area contributed by atoms with Gasteiger partial charge in [-0.3, -0.25) is 5.32 Å². The van der Waals surface area contributed by atoms with Crippen LogP contribution in [0.15, 0.2) is 24.3 Å². The molecule has 136 valence electrons. The molecule has 3 aliphatic rings. The Hall–Kier alpha value is -1.83. The van der Waals surface area contributed by atoms with E-state index in [2.05, 4.69) is 10.6 Å². The molecule has 1 saturated carbocycles. The summed E-state index contributed by atoms with van der Waals surface area (Å²) in [4.78, 5) is 12.1. The molecular formula is C18H24N2O5. The van der Waals surface area contributed by atoms with E-state index < -0.39 is 6.09 Å². The van der Waals surface area contributed by atoms with Crippen LogP contribution in [0, 0.1) is 5.92 Å². The molecule has 0 spiro atoms. The number of benzene rings is 1. The van der Waals surface area contributed by atoms with E-state index >= 15 is 0 Å². The Morgan fingerprint density at radius 2 is 1.92 bits per heavy atom. The first-order valence-corrected chi connectivity index (χ1v) is 8.81. The number of fused-ring (bicyclic) bond motifs is 1. The van der Waals surface area contributed by atoms with E-state index in [0.29, 0.717) is 18.9 Å². The largest absolute Gasteiger partial charge is 0.497 e. The zero-order valence-electron chi connectivity index (χ0n) is 14.3. The van der Waals surface area contributed by atoms with Crippen LogP contribution in [0.25, 0.3) is 0 Å². The highest BCUT2D eigenvalue weighted by atomic mass is 16.6. The van der Waals surface area contributed by atoms with E-state index in [-0.39, 0.29) is 24.4 Å². The van der Waals surface area contributed by atoms with Gasteiger partial charge in [-0.1, -0.05) is 0 Å². The van der Waals surface area contributed by atoms with Gasteiger partial charge in [0.05, 0.1) is 26.4 Å². The van der Waals surface area contributed by atoms with Crippen LogP contribution < -0.4 is 15.4 Å². The predicted molar refractivity (Wildman–Crippen MR) is 90.9 cm³/mol. The number of ether oxygens (including phenoxy) is 4. The van der Waals surface area contributed by atoms with Gasteiger partial charge in [-0.15, -0.1) is 0 Å². The summed E-state index contributed by atoms with van der Waals surface area (Å²) in [6, 6.07) is 7.26. The molecule has 0 bridgehead atoms. The summed E-state index contributed by atoms with van der Waals surface area (Å²) >= 11 is 0. The average Bonchev–Trinajstić information content (AvgIpc) is 3.24. The number of nitrogens with one attached hydrogen (secondary N) is 2. The van der Waals surface area contributed by atoms with Crippen LogP contribution in [-0.2, 0) is 14.2 Å². The van der Waals surface area contributed by atoms with Crippen LogP contribution in [0.4, 0.5) is 10.5 Å². The second-order valence-electron chi connectivity index (χ2n) is 6.85. The van der Waals surface area contributed by atoms with E-state index in [1.807, 2.05) is 0 Å². The molecule has 1 aromatic carbocycles. The first kappa shape index (κ1) is 16.6. The summed E-state index contributed by atoms with van der Waals surface area (Å²) in [5.41, 5.74) is 0.651. The third kappa shape index (κ3) is 3.89. The van der Waals surface area contributed by atoms with Gasteiger partial charge in [0.15, 0.2) is 6.10 Å². The highest BCUT2D eigenvalue weighted by Crippen LogP contribution is 2.31. The molecule has 1 aromatic rings. The van der Waals surface area contributed by atoms with Crippen molar-refractivity contribution in [1.29, 1.82) is 0 Å². The summed E-state index contributed by atoms with van der Waals surface area (Å²) in [7, 11) is 1.60. The number of carbonyl (C=O) groups is 1. The number of anilines is 1. The Kier molecular flexibility index (Phi) is 4.78. The number of carbonyl (C=O) groups excluding carboxylic acids is 1. The van der Waals surface area contributed by atoms with Gasteiger partial charge in [0, 0.05) is 5.69 Å². The van der Waals surface area contributed by atoms with Crippen LogP contribution in [0.5, 0.6) is 5.75 Å². The fourth-order valence-electron chi connectivity index (χ4n) is 3.34. The minimum absolute atomic E-state index is 0.0439. The smallest absolute Gasteiger partial charge is 0.412 e. The minimum Gasteiger partial charge on any atom is -0.497 e. The highest BCUT2D eigenvalue weighted by Gasteiger charge is 2.49. The Bertz CT molecular complexity index is 604. The summed E-state index contributed by atoms with van der Waals surface area (Å²) in [6.07, 6.45) is 1.50. The fourth-order valence-corrected chi connectivity index (χ4v) is 3.34. The molecule has 0 aromatic heterocycles. The molecule has 1 amide bonds. The van der Waals surface area contributed by atoms with Gasteiger partial charge < -0.3 is 24.3 Å². The lowest BCUT2D eigenvalue weighted by molar-refractivity contribution is 0.00856. The lowest BCUT2D eigenvalue weighted by Crippen LogP contribution is -2.42. The second-order valence-corrected chi connectivity index (χ2v) is 6.85. The third-order valence-corrected chi connectivity index (χ3v) is 4.97. The number of hydrogen-bond donors (Lipinski definition) is 2. The molecule has 2 N–H and O–H groups in total. The van der Waals surface area contributed by atoms with Crippen molar-refractivity contribution in [1.82, 2.24) is 5.32 Å². The van der Waals surface area contributed by atoms with Crippen molar-refractivity contribution in [3.8, 4) is 5.75 Å². The van der Waals surface area contributed by atoms with Crippen LogP contribution >= 0.6 is 0 Å². The molecule has 2 aliphatic heterocycles. The SMILES string of the molecule is COc1ccc(NC(=O)OC2COC3C(NCC4CC4)COC23)cc1. The van der Waals surface area contributed by atoms with Crippen LogP contribution in [0.3, 0.4) is 0 Å². The molecule has 2 saturated heterocycles. The summed E-state index contributed by atoms with van der Waals surface area (Å²) in [5.74, 6) is 1.54. The lowest BCUT2D eigenvalue weighted by atomic mass is 10.1. The van der Waals surface area contributed by atoms with Crippen molar-refractivity contribution >= 4 is 11.8 Å². The second kappa shape index (κ2) is 7.19. The van der Waals surface area contributed by atoms with Crippen molar-refractivity contribution < 1.29 is 23.7 Å². The van der Waals surface area contributed by atoms with Gasteiger partial charge >= 0.3 is 6.09 Å². The van der Waals surface area contributed by atoms with E-state index in [1.165, 1.54) is 12.8 Å². The monoisotopic (exact) mass is 348 g/mol. The fraction of sp³-hybridized carbons (Fsp3) is 0.611. The molecule has 4 rings (SSSR count). The number of amides is 1. The van der Waals surface area contributed by atoms with Crippen molar-refractivity contribution in [3.05, 3.63) is 24.3 Å². The Morgan fingerprint density at radius 1 is 1.16 bits per heavy atom. The van der Waals surface area contributed by atoms with E-state index in [9.17, 15) is 4.79 Å². The van der Waals surface area contributed by atoms with Gasteiger partial charge in [0.1, 0.15) is 18.0 Å². The summed E-state index contributed by atoms with van der Waals surface area (Å²) < 4.78 is 22.3. The highest BCUT2D eigenvalue weighted by molar-refractivity contribution is 5.84. The molecular weight excluding hydrogens is 324 g/mol.